The van der Waals surface area contributed by atoms with Gasteiger partial charge in [-0.3, -0.25) is 4.79 Å². The second-order valence-corrected chi connectivity index (χ2v) is 5.13. The van der Waals surface area contributed by atoms with Crippen LogP contribution in [0.4, 0.5) is 5.69 Å². The Morgan fingerprint density at radius 3 is 3.17 bits per heavy atom. The Morgan fingerprint density at radius 2 is 2.33 bits per heavy atom. The summed E-state index contributed by atoms with van der Waals surface area (Å²) in [5.41, 5.74) is 1.13. The van der Waals surface area contributed by atoms with Gasteiger partial charge in [0.2, 0.25) is 5.91 Å². The summed E-state index contributed by atoms with van der Waals surface area (Å²) in [7, 11) is 0. The lowest BCUT2D eigenvalue weighted by molar-refractivity contribution is -0.119. The van der Waals surface area contributed by atoms with E-state index in [9.17, 15) is 4.79 Å². The van der Waals surface area contributed by atoms with Crippen LogP contribution in [0.15, 0.2) is 29.2 Å². The maximum atomic E-state index is 11.7. The summed E-state index contributed by atoms with van der Waals surface area (Å²) in [6.07, 6.45) is 0.359. The van der Waals surface area contributed by atoms with Gasteiger partial charge in [-0.05, 0) is 12.1 Å². The number of nitriles is 1. The third kappa shape index (κ3) is 3.17. The van der Waals surface area contributed by atoms with E-state index in [0.717, 1.165) is 18.0 Å². The molecule has 2 rings (SSSR count). The van der Waals surface area contributed by atoms with Crippen LogP contribution in [0.1, 0.15) is 6.42 Å². The van der Waals surface area contributed by atoms with E-state index >= 15 is 0 Å². The van der Waals surface area contributed by atoms with Gasteiger partial charge in [0.15, 0.2) is 0 Å². The number of nitrogens with zero attached hydrogens (tertiary/aromatic N) is 2. The Morgan fingerprint density at radius 1 is 1.50 bits per heavy atom. The standard InChI is InChI=1S/C13H15N3OS/c14-6-3-7-15-13(17)10-16-8-9-18-12-5-2-1-4-11(12)16/h1-2,4-5H,3,7-10H2,(H,15,17). The van der Waals surface area contributed by atoms with Crippen LogP contribution in [-0.4, -0.2) is 31.3 Å². The Hall–Kier alpha value is -1.67. The monoisotopic (exact) mass is 261 g/mol. The quantitative estimate of drug-likeness (QED) is 0.837. The number of amides is 1. The highest BCUT2D eigenvalue weighted by Gasteiger charge is 2.18. The summed E-state index contributed by atoms with van der Waals surface area (Å²) in [4.78, 5) is 15.0. The highest BCUT2D eigenvalue weighted by molar-refractivity contribution is 7.99. The number of fused-ring (bicyclic) bond motifs is 1. The Bertz CT molecular complexity index is 470. The third-order valence-corrected chi connectivity index (χ3v) is 3.76. The van der Waals surface area contributed by atoms with Gasteiger partial charge in [-0.15, -0.1) is 11.8 Å². The highest BCUT2D eigenvalue weighted by Crippen LogP contribution is 2.33. The van der Waals surface area contributed by atoms with E-state index < -0.39 is 0 Å². The van der Waals surface area contributed by atoms with Crippen LogP contribution in [0.25, 0.3) is 0 Å². The van der Waals surface area contributed by atoms with E-state index in [2.05, 4.69) is 16.3 Å². The molecule has 5 heteroatoms. The van der Waals surface area contributed by atoms with Crippen molar-refractivity contribution in [3.05, 3.63) is 24.3 Å². The number of hydrogen-bond acceptors (Lipinski definition) is 4. The lowest BCUT2D eigenvalue weighted by Gasteiger charge is -2.30. The van der Waals surface area contributed by atoms with Gasteiger partial charge in [0.1, 0.15) is 0 Å². The zero-order chi connectivity index (χ0) is 12.8. The lowest BCUT2D eigenvalue weighted by atomic mass is 10.2. The molecule has 1 aliphatic rings. The number of nitrogens with one attached hydrogen (secondary N) is 1. The molecule has 0 radical (unpaired) electrons. The van der Waals surface area contributed by atoms with Crippen LogP contribution in [0, 0.1) is 11.3 Å². The summed E-state index contributed by atoms with van der Waals surface area (Å²) < 4.78 is 0. The first-order valence-electron chi connectivity index (χ1n) is 5.91. The van der Waals surface area contributed by atoms with Crippen molar-refractivity contribution < 1.29 is 4.79 Å². The largest absolute Gasteiger partial charge is 0.360 e. The molecule has 0 atom stereocenters. The summed E-state index contributed by atoms with van der Waals surface area (Å²) >= 11 is 1.82. The average molecular weight is 261 g/mol. The number of anilines is 1. The van der Waals surface area contributed by atoms with Crippen molar-refractivity contribution >= 4 is 23.4 Å². The van der Waals surface area contributed by atoms with Crippen molar-refractivity contribution in [3.8, 4) is 6.07 Å². The molecular formula is C13H15N3OS. The summed E-state index contributed by atoms with van der Waals surface area (Å²) in [5.74, 6) is 0.981. The van der Waals surface area contributed by atoms with E-state index in [4.69, 9.17) is 5.26 Å². The number of benzene rings is 1. The van der Waals surface area contributed by atoms with Crippen molar-refractivity contribution in [2.75, 3.05) is 30.3 Å². The molecule has 4 nitrogen and oxygen atoms in total. The fourth-order valence-electron chi connectivity index (χ4n) is 1.88. The molecule has 1 amide bonds. The molecule has 1 aromatic rings. The Labute approximate surface area is 111 Å². The number of rotatable bonds is 4. The molecular weight excluding hydrogens is 246 g/mol. The predicted octanol–water partition coefficient (Wildman–Crippen LogP) is 1.63. The summed E-state index contributed by atoms with van der Waals surface area (Å²) in [5, 5.41) is 11.2. The van der Waals surface area contributed by atoms with Crippen LogP contribution < -0.4 is 10.2 Å². The predicted molar refractivity (Wildman–Crippen MR) is 72.6 cm³/mol. The van der Waals surface area contributed by atoms with Crippen molar-refractivity contribution in [2.45, 2.75) is 11.3 Å². The van der Waals surface area contributed by atoms with Crippen molar-refractivity contribution in [2.24, 2.45) is 0 Å². The number of carbonyl (C=O) groups is 1. The first-order chi connectivity index (χ1) is 8.81. The van der Waals surface area contributed by atoms with Gasteiger partial charge in [-0.2, -0.15) is 5.26 Å². The molecule has 0 saturated carbocycles. The Balaban J connectivity index is 1.95. The second kappa shape index (κ2) is 6.31. The molecule has 0 spiro atoms. The first-order valence-corrected chi connectivity index (χ1v) is 6.90. The number of carbonyl (C=O) groups excluding carboxylic acids is 1. The zero-order valence-electron chi connectivity index (χ0n) is 10.1. The number of hydrogen-bond donors (Lipinski definition) is 1. The van der Waals surface area contributed by atoms with E-state index in [0.29, 0.717) is 19.5 Å². The van der Waals surface area contributed by atoms with Crippen LogP contribution in [-0.2, 0) is 4.79 Å². The maximum absolute atomic E-state index is 11.7. The molecule has 0 aromatic heterocycles. The molecule has 1 heterocycles. The highest BCUT2D eigenvalue weighted by atomic mass is 32.2. The fourth-order valence-corrected chi connectivity index (χ4v) is 2.93. The lowest BCUT2D eigenvalue weighted by Crippen LogP contribution is -2.40. The summed E-state index contributed by atoms with van der Waals surface area (Å²) in [6, 6.07) is 10.1. The minimum atomic E-state index is -0.0213. The zero-order valence-corrected chi connectivity index (χ0v) is 10.9. The van der Waals surface area contributed by atoms with Crippen LogP contribution in [0.3, 0.4) is 0 Å². The van der Waals surface area contributed by atoms with E-state index in [1.165, 1.54) is 4.90 Å². The maximum Gasteiger partial charge on any atom is 0.239 e. The molecule has 0 saturated heterocycles. The smallest absolute Gasteiger partial charge is 0.239 e. The molecule has 0 bridgehead atoms. The average Bonchev–Trinajstić information content (AvgIpc) is 2.39. The molecule has 94 valence electrons. The normalized spacial score (nSPS) is 13.6. The fraction of sp³-hybridized carbons (Fsp3) is 0.385. The minimum absolute atomic E-state index is 0.0213. The molecule has 0 aliphatic carbocycles. The first kappa shape index (κ1) is 12.8. The van der Waals surface area contributed by atoms with Crippen LogP contribution in [0.2, 0.25) is 0 Å². The van der Waals surface area contributed by atoms with Gasteiger partial charge in [0, 0.05) is 23.7 Å². The van der Waals surface area contributed by atoms with Crippen molar-refractivity contribution in [1.29, 1.82) is 5.26 Å². The minimum Gasteiger partial charge on any atom is -0.360 e. The van der Waals surface area contributed by atoms with Gasteiger partial charge in [-0.25, -0.2) is 0 Å². The number of thioether (sulfide) groups is 1. The van der Waals surface area contributed by atoms with Gasteiger partial charge in [0.25, 0.3) is 0 Å². The molecule has 1 aliphatic heterocycles. The summed E-state index contributed by atoms with van der Waals surface area (Å²) in [6.45, 7) is 1.68. The van der Waals surface area contributed by atoms with Crippen LogP contribution in [0.5, 0.6) is 0 Å². The Kier molecular flexibility index (Phi) is 4.48. The van der Waals surface area contributed by atoms with E-state index in [1.807, 2.05) is 36.0 Å². The molecule has 0 unspecified atom stereocenters. The van der Waals surface area contributed by atoms with Crippen LogP contribution >= 0.6 is 11.8 Å². The van der Waals surface area contributed by atoms with E-state index in [-0.39, 0.29) is 5.91 Å². The second-order valence-electron chi connectivity index (χ2n) is 4.00. The third-order valence-electron chi connectivity index (χ3n) is 2.72. The van der Waals surface area contributed by atoms with Gasteiger partial charge in [0.05, 0.1) is 24.7 Å². The van der Waals surface area contributed by atoms with Gasteiger partial charge in [-0.1, -0.05) is 12.1 Å². The molecule has 1 aromatic carbocycles. The van der Waals surface area contributed by atoms with Crippen molar-refractivity contribution in [1.82, 2.24) is 5.32 Å². The molecule has 0 fully saturated rings. The van der Waals surface area contributed by atoms with Crippen molar-refractivity contribution in [3.63, 3.8) is 0 Å². The molecule has 1 N–H and O–H groups in total. The number of para-hydroxylation sites is 1. The van der Waals surface area contributed by atoms with E-state index in [1.54, 1.807) is 0 Å². The molecule has 18 heavy (non-hydrogen) atoms. The van der Waals surface area contributed by atoms with Gasteiger partial charge >= 0.3 is 0 Å². The topological polar surface area (TPSA) is 56.1 Å². The van der Waals surface area contributed by atoms with Gasteiger partial charge < -0.3 is 10.2 Å². The SMILES string of the molecule is N#CCCNC(=O)CN1CCSc2ccccc21.